The number of amides is 2. The second-order valence-corrected chi connectivity index (χ2v) is 5.21. The van der Waals surface area contributed by atoms with Gasteiger partial charge < -0.3 is 20.5 Å². The van der Waals surface area contributed by atoms with Crippen LogP contribution in [0.5, 0.6) is 5.75 Å². The molecule has 22 heavy (non-hydrogen) atoms. The Morgan fingerprint density at radius 1 is 1.36 bits per heavy atom. The molecule has 1 aromatic rings. The van der Waals surface area contributed by atoms with Crippen molar-refractivity contribution in [3.63, 3.8) is 0 Å². The largest absolute Gasteiger partial charge is 0.508 e. The number of phenolic OH excluding ortho intramolecular Hbond substituents is 1. The Balaban J connectivity index is 1.87. The number of nitrogens with two attached hydrogens (primary N) is 1. The highest BCUT2D eigenvalue weighted by Crippen LogP contribution is 2.16. The van der Waals surface area contributed by atoms with Gasteiger partial charge in [0.25, 0.3) is 5.91 Å². The molecule has 1 aromatic carbocycles. The summed E-state index contributed by atoms with van der Waals surface area (Å²) in [7, 11) is 0. The van der Waals surface area contributed by atoms with Gasteiger partial charge in [0.1, 0.15) is 5.75 Å². The Morgan fingerprint density at radius 3 is 2.82 bits per heavy atom. The minimum Gasteiger partial charge on any atom is -0.508 e. The van der Waals surface area contributed by atoms with Crippen molar-refractivity contribution in [2.75, 3.05) is 19.7 Å². The number of likely N-dealkylation sites (tertiary alicyclic amines) is 1. The van der Waals surface area contributed by atoms with Gasteiger partial charge in [0, 0.05) is 13.1 Å². The van der Waals surface area contributed by atoms with E-state index in [0.29, 0.717) is 19.4 Å². The Morgan fingerprint density at radius 2 is 2.14 bits per heavy atom. The third-order valence-electron chi connectivity index (χ3n) is 3.59. The number of hydrogen-bond donors (Lipinski definition) is 2. The highest BCUT2D eigenvalue weighted by atomic mass is 16.5. The summed E-state index contributed by atoms with van der Waals surface area (Å²) >= 11 is 0. The van der Waals surface area contributed by atoms with Gasteiger partial charge in [-0.25, -0.2) is 4.79 Å². The zero-order valence-electron chi connectivity index (χ0n) is 12.0. The number of carbonyl (C=O) groups is 3. The van der Waals surface area contributed by atoms with Crippen LogP contribution in [0, 0.1) is 5.92 Å². The molecule has 0 radical (unpaired) electrons. The molecule has 1 saturated heterocycles. The molecule has 0 spiro atoms. The lowest BCUT2D eigenvalue weighted by molar-refractivity contribution is -0.137. The monoisotopic (exact) mass is 306 g/mol. The van der Waals surface area contributed by atoms with Gasteiger partial charge in [0.05, 0.1) is 11.5 Å². The summed E-state index contributed by atoms with van der Waals surface area (Å²) in [5.74, 6) is -1.87. The first-order valence-electron chi connectivity index (χ1n) is 7.00. The molecule has 1 atom stereocenters. The predicted octanol–water partition coefficient (Wildman–Crippen LogP) is 0.273. The Bertz CT molecular complexity index is 587. The summed E-state index contributed by atoms with van der Waals surface area (Å²) in [6, 6.07) is 5.68. The standard InChI is InChI=1S/C15H18N2O5/c16-14(20)11-4-2-6-17(8-11)13(19)9-22-15(21)10-3-1-5-12(18)7-10/h1,3,5,7,11,18H,2,4,6,8-9H2,(H2,16,20)/t11-/m0/s1. The van der Waals surface area contributed by atoms with Crippen molar-refractivity contribution < 1.29 is 24.2 Å². The predicted molar refractivity (Wildman–Crippen MR) is 76.9 cm³/mol. The van der Waals surface area contributed by atoms with Crippen LogP contribution in [0.2, 0.25) is 0 Å². The van der Waals surface area contributed by atoms with E-state index in [9.17, 15) is 19.5 Å². The van der Waals surface area contributed by atoms with Crippen LogP contribution in [0.4, 0.5) is 0 Å². The maximum absolute atomic E-state index is 12.0. The highest BCUT2D eigenvalue weighted by Gasteiger charge is 2.27. The third kappa shape index (κ3) is 3.97. The quantitative estimate of drug-likeness (QED) is 0.776. The van der Waals surface area contributed by atoms with Crippen LogP contribution in [-0.4, -0.2) is 47.5 Å². The Hall–Kier alpha value is -2.57. The number of phenols is 1. The zero-order valence-corrected chi connectivity index (χ0v) is 12.0. The van der Waals surface area contributed by atoms with Gasteiger partial charge in [-0.3, -0.25) is 9.59 Å². The average Bonchev–Trinajstić information content (AvgIpc) is 2.52. The second-order valence-electron chi connectivity index (χ2n) is 5.21. The lowest BCUT2D eigenvalue weighted by Gasteiger charge is -2.31. The molecular formula is C15H18N2O5. The number of primary amides is 1. The summed E-state index contributed by atoms with van der Waals surface area (Å²) in [5.41, 5.74) is 5.42. The van der Waals surface area contributed by atoms with E-state index in [4.69, 9.17) is 10.5 Å². The van der Waals surface area contributed by atoms with Gasteiger partial charge in [0.15, 0.2) is 6.61 Å². The van der Waals surface area contributed by atoms with E-state index in [0.717, 1.165) is 0 Å². The van der Waals surface area contributed by atoms with Gasteiger partial charge in [-0.2, -0.15) is 0 Å². The van der Waals surface area contributed by atoms with E-state index < -0.39 is 18.5 Å². The van der Waals surface area contributed by atoms with Gasteiger partial charge >= 0.3 is 5.97 Å². The van der Waals surface area contributed by atoms with E-state index in [1.807, 2.05) is 0 Å². The van der Waals surface area contributed by atoms with Crippen molar-refractivity contribution in [3.05, 3.63) is 29.8 Å². The molecule has 3 N–H and O–H groups in total. The number of aromatic hydroxyl groups is 1. The van der Waals surface area contributed by atoms with Crippen LogP contribution in [0.25, 0.3) is 0 Å². The SMILES string of the molecule is NC(=O)[C@H]1CCCN(C(=O)COC(=O)c2cccc(O)c2)C1. The van der Waals surface area contributed by atoms with Crippen LogP contribution in [0.15, 0.2) is 24.3 Å². The van der Waals surface area contributed by atoms with Crippen molar-refractivity contribution in [3.8, 4) is 5.75 Å². The molecule has 7 heteroatoms. The summed E-state index contributed by atoms with van der Waals surface area (Å²) in [6.45, 7) is 0.379. The summed E-state index contributed by atoms with van der Waals surface area (Å²) in [6.07, 6.45) is 1.36. The van der Waals surface area contributed by atoms with Gasteiger partial charge in [-0.05, 0) is 31.0 Å². The molecule has 0 aliphatic carbocycles. The van der Waals surface area contributed by atoms with E-state index >= 15 is 0 Å². The molecule has 118 valence electrons. The topological polar surface area (TPSA) is 110 Å². The molecule has 1 heterocycles. The van der Waals surface area contributed by atoms with Crippen LogP contribution >= 0.6 is 0 Å². The van der Waals surface area contributed by atoms with Crippen LogP contribution in [0.3, 0.4) is 0 Å². The van der Waals surface area contributed by atoms with E-state index in [1.165, 1.54) is 29.2 Å². The number of piperidine rings is 1. The smallest absolute Gasteiger partial charge is 0.338 e. The average molecular weight is 306 g/mol. The Labute approximate surface area is 127 Å². The summed E-state index contributed by atoms with van der Waals surface area (Å²) < 4.78 is 4.94. The fourth-order valence-corrected chi connectivity index (χ4v) is 2.37. The van der Waals surface area contributed by atoms with Crippen molar-refractivity contribution >= 4 is 17.8 Å². The molecule has 0 saturated carbocycles. The maximum Gasteiger partial charge on any atom is 0.338 e. The first-order valence-corrected chi connectivity index (χ1v) is 7.00. The molecule has 7 nitrogen and oxygen atoms in total. The first kappa shape index (κ1) is 15.8. The van der Waals surface area contributed by atoms with Gasteiger partial charge in [-0.15, -0.1) is 0 Å². The van der Waals surface area contributed by atoms with Crippen molar-refractivity contribution in [1.29, 1.82) is 0 Å². The maximum atomic E-state index is 12.0. The lowest BCUT2D eigenvalue weighted by Crippen LogP contribution is -2.45. The highest BCUT2D eigenvalue weighted by molar-refractivity contribution is 5.91. The van der Waals surface area contributed by atoms with E-state index in [2.05, 4.69) is 0 Å². The van der Waals surface area contributed by atoms with Crippen molar-refractivity contribution in [2.45, 2.75) is 12.8 Å². The number of esters is 1. The minimum absolute atomic E-state index is 0.0545. The molecule has 1 aliphatic rings. The van der Waals surface area contributed by atoms with Crippen molar-refractivity contribution in [1.82, 2.24) is 4.90 Å². The number of hydrogen-bond acceptors (Lipinski definition) is 5. The summed E-state index contributed by atoms with van der Waals surface area (Å²) in [5, 5.41) is 9.30. The molecule has 2 amide bonds. The molecule has 1 fully saturated rings. The zero-order chi connectivity index (χ0) is 16.1. The van der Waals surface area contributed by atoms with Crippen LogP contribution in [-0.2, 0) is 14.3 Å². The van der Waals surface area contributed by atoms with E-state index in [-0.39, 0.29) is 29.7 Å². The van der Waals surface area contributed by atoms with Gasteiger partial charge in [0.2, 0.25) is 5.91 Å². The molecule has 0 aromatic heterocycles. The fraction of sp³-hybridized carbons (Fsp3) is 0.400. The summed E-state index contributed by atoms with van der Waals surface area (Å²) in [4.78, 5) is 36.5. The van der Waals surface area contributed by atoms with Gasteiger partial charge in [-0.1, -0.05) is 6.07 Å². The third-order valence-corrected chi connectivity index (χ3v) is 3.59. The number of ether oxygens (including phenoxy) is 1. The number of nitrogens with zero attached hydrogens (tertiary/aromatic N) is 1. The van der Waals surface area contributed by atoms with E-state index in [1.54, 1.807) is 0 Å². The fourth-order valence-electron chi connectivity index (χ4n) is 2.37. The van der Waals surface area contributed by atoms with Crippen LogP contribution in [0.1, 0.15) is 23.2 Å². The number of benzene rings is 1. The second kappa shape index (κ2) is 6.93. The van der Waals surface area contributed by atoms with Crippen LogP contribution < -0.4 is 5.73 Å². The molecular weight excluding hydrogens is 288 g/mol. The first-order chi connectivity index (χ1) is 10.5. The molecule has 1 aliphatic heterocycles. The van der Waals surface area contributed by atoms with Crippen molar-refractivity contribution in [2.24, 2.45) is 11.7 Å². The normalized spacial score (nSPS) is 17.8. The molecule has 0 unspecified atom stereocenters. The molecule has 0 bridgehead atoms. The number of rotatable bonds is 4. The number of carbonyl (C=O) groups excluding carboxylic acids is 3. The minimum atomic E-state index is -0.687. The lowest BCUT2D eigenvalue weighted by atomic mass is 9.97. The molecule has 2 rings (SSSR count). The Kier molecular flexibility index (Phi) is 4.98.